The SMILES string of the molecule is CC(=Cc1ccco1)CNC(C)C. The lowest BCUT2D eigenvalue weighted by Crippen LogP contribution is -2.24. The molecule has 0 aliphatic rings. The van der Waals surface area contributed by atoms with Crippen molar-refractivity contribution in [2.75, 3.05) is 6.54 Å². The van der Waals surface area contributed by atoms with Gasteiger partial charge in [0.25, 0.3) is 0 Å². The smallest absolute Gasteiger partial charge is 0.126 e. The van der Waals surface area contributed by atoms with Crippen LogP contribution in [0.4, 0.5) is 0 Å². The number of nitrogens with one attached hydrogen (secondary N) is 1. The van der Waals surface area contributed by atoms with Crippen molar-refractivity contribution >= 4 is 6.08 Å². The summed E-state index contributed by atoms with van der Waals surface area (Å²) in [7, 11) is 0. The van der Waals surface area contributed by atoms with Crippen molar-refractivity contribution in [3.63, 3.8) is 0 Å². The summed E-state index contributed by atoms with van der Waals surface area (Å²) >= 11 is 0. The summed E-state index contributed by atoms with van der Waals surface area (Å²) < 4.78 is 5.21. The molecule has 0 amide bonds. The summed E-state index contributed by atoms with van der Waals surface area (Å²) in [5, 5.41) is 3.35. The first kappa shape index (κ1) is 10.1. The molecule has 13 heavy (non-hydrogen) atoms. The van der Waals surface area contributed by atoms with E-state index in [4.69, 9.17) is 4.42 Å². The van der Waals surface area contributed by atoms with E-state index < -0.39 is 0 Å². The first-order chi connectivity index (χ1) is 6.18. The van der Waals surface area contributed by atoms with Crippen LogP contribution in [0, 0.1) is 0 Å². The standard InChI is InChI=1S/C11H17NO/c1-9(2)12-8-10(3)7-11-5-4-6-13-11/h4-7,9,12H,8H2,1-3H3. The zero-order valence-corrected chi connectivity index (χ0v) is 8.50. The minimum absolute atomic E-state index is 0.528. The average Bonchev–Trinajstić information content (AvgIpc) is 2.53. The molecular formula is C11H17NO. The molecule has 72 valence electrons. The van der Waals surface area contributed by atoms with Crippen LogP contribution in [0.1, 0.15) is 26.5 Å². The topological polar surface area (TPSA) is 25.2 Å². The Morgan fingerprint density at radius 2 is 2.38 bits per heavy atom. The van der Waals surface area contributed by atoms with Gasteiger partial charge in [0, 0.05) is 12.6 Å². The second kappa shape index (κ2) is 4.87. The molecule has 0 aliphatic heterocycles. The molecule has 0 radical (unpaired) electrons. The quantitative estimate of drug-likeness (QED) is 0.768. The van der Waals surface area contributed by atoms with E-state index >= 15 is 0 Å². The number of rotatable bonds is 4. The molecule has 0 saturated carbocycles. The molecular weight excluding hydrogens is 162 g/mol. The lowest BCUT2D eigenvalue weighted by atomic mass is 10.2. The largest absolute Gasteiger partial charge is 0.465 e. The number of hydrogen-bond acceptors (Lipinski definition) is 2. The summed E-state index contributed by atoms with van der Waals surface area (Å²) in [5.74, 6) is 0.919. The lowest BCUT2D eigenvalue weighted by Gasteiger charge is -2.07. The van der Waals surface area contributed by atoms with E-state index in [1.165, 1.54) is 5.57 Å². The molecule has 0 spiro atoms. The van der Waals surface area contributed by atoms with E-state index in [0.717, 1.165) is 12.3 Å². The first-order valence-electron chi connectivity index (χ1n) is 4.62. The van der Waals surface area contributed by atoms with Crippen LogP contribution < -0.4 is 5.32 Å². The van der Waals surface area contributed by atoms with Crippen LogP contribution in [0.25, 0.3) is 6.08 Å². The van der Waals surface area contributed by atoms with Crippen LogP contribution in [-0.2, 0) is 0 Å². The molecule has 1 heterocycles. The van der Waals surface area contributed by atoms with E-state index in [1.54, 1.807) is 6.26 Å². The Hall–Kier alpha value is -1.02. The Balaban J connectivity index is 2.43. The van der Waals surface area contributed by atoms with Gasteiger partial charge in [-0.3, -0.25) is 0 Å². The van der Waals surface area contributed by atoms with Gasteiger partial charge < -0.3 is 9.73 Å². The van der Waals surface area contributed by atoms with Gasteiger partial charge in [0.05, 0.1) is 6.26 Å². The van der Waals surface area contributed by atoms with Gasteiger partial charge in [-0.1, -0.05) is 19.4 Å². The molecule has 0 aromatic carbocycles. The molecule has 0 unspecified atom stereocenters. The van der Waals surface area contributed by atoms with Gasteiger partial charge >= 0.3 is 0 Å². The monoisotopic (exact) mass is 179 g/mol. The van der Waals surface area contributed by atoms with Crippen LogP contribution in [0.3, 0.4) is 0 Å². The van der Waals surface area contributed by atoms with Gasteiger partial charge in [-0.25, -0.2) is 0 Å². The zero-order chi connectivity index (χ0) is 9.68. The molecule has 1 N–H and O–H groups in total. The fourth-order valence-corrected chi connectivity index (χ4v) is 1.03. The maximum absolute atomic E-state index is 5.21. The zero-order valence-electron chi connectivity index (χ0n) is 8.50. The maximum Gasteiger partial charge on any atom is 0.126 e. The Bertz CT molecular complexity index is 260. The van der Waals surface area contributed by atoms with Gasteiger partial charge in [-0.05, 0) is 25.1 Å². The van der Waals surface area contributed by atoms with Crippen molar-refractivity contribution in [1.29, 1.82) is 0 Å². The molecule has 1 rings (SSSR count). The van der Waals surface area contributed by atoms with Crippen molar-refractivity contribution < 1.29 is 4.42 Å². The van der Waals surface area contributed by atoms with Crippen molar-refractivity contribution in [2.24, 2.45) is 0 Å². The summed E-state index contributed by atoms with van der Waals surface area (Å²) in [4.78, 5) is 0. The molecule has 2 nitrogen and oxygen atoms in total. The predicted octanol–water partition coefficient (Wildman–Crippen LogP) is 2.68. The fraction of sp³-hybridized carbons (Fsp3) is 0.455. The second-order valence-electron chi connectivity index (χ2n) is 3.54. The van der Waals surface area contributed by atoms with E-state index in [-0.39, 0.29) is 0 Å². The molecule has 0 fully saturated rings. The summed E-state index contributed by atoms with van der Waals surface area (Å²) in [6, 6.07) is 4.38. The van der Waals surface area contributed by atoms with Crippen LogP contribution in [0.2, 0.25) is 0 Å². The number of furan rings is 1. The third-order valence-corrected chi connectivity index (χ3v) is 1.72. The third kappa shape index (κ3) is 3.95. The fourth-order valence-electron chi connectivity index (χ4n) is 1.03. The molecule has 0 aliphatic carbocycles. The first-order valence-corrected chi connectivity index (χ1v) is 4.62. The molecule has 1 aromatic rings. The van der Waals surface area contributed by atoms with Crippen molar-refractivity contribution in [1.82, 2.24) is 5.32 Å². The normalized spacial score (nSPS) is 12.5. The highest BCUT2D eigenvalue weighted by Gasteiger charge is 1.95. The highest BCUT2D eigenvalue weighted by Crippen LogP contribution is 2.06. The Kier molecular flexibility index (Phi) is 3.77. The minimum atomic E-state index is 0.528. The highest BCUT2D eigenvalue weighted by atomic mass is 16.3. The Morgan fingerprint density at radius 1 is 1.62 bits per heavy atom. The minimum Gasteiger partial charge on any atom is -0.465 e. The van der Waals surface area contributed by atoms with E-state index in [2.05, 4.69) is 32.2 Å². The van der Waals surface area contributed by atoms with Gasteiger partial charge in [-0.15, -0.1) is 0 Å². The van der Waals surface area contributed by atoms with Gasteiger partial charge in [0.1, 0.15) is 5.76 Å². The van der Waals surface area contributed by atoms with Crippen molar-refractivity contribution in [3.05, 3.63) is 29.7 Å². The molecule has 1 aromatic heterocycles. The average molecular weight is 179 g/mol. The molecule has 0 atom stereocenters. The molecule has 0 bridgehead atoms. The van der Waals surface area contributed by atoms with Gasteiger partial charge in [0.15, 0.2) is 0 Å². The second-order valence-corrected chi connectivity index (χ2v) is 3.54. The van der Waals surface area contributed by atoms with Crippen molar-refractivity contribution in [3.8, 4) is 0 Å². The Morgan fingerprint density at radius 3 is 2.92 bits per heavy atom. The van der Waals surface area contributed by atoms with Crippen LogP contribution in [0.15, 0.2) is 28.4 Å². The van der Waals surface area contributed by atoms with Crippen LogP contribution in [-0.4, -0.2) is 12.6 Å². The van der Waals surface area contributed by atoms with E-state index in [1.807, 2.05) is 12.1 Å². The number of hydrogen-bond donors (Lipinski definition) is 1. The Labute approximate surface area is 79.6 Å². The van der Waals surface area contributed by atoms with Crippen LogP contribution in [0.5, 0.6) is 0 Å². The molecule has 2 heteroatoms. The summed E-state index contributed by atoms with van der Waals surface area (Å²) in [5.41, 5.74) is 1.28. The van der Waals surface area contributed by atoms with Crippen molar-refractivity contribution in [2.45, 2.75) is 26.8 Å². The van der Waals surface area contributed by atoms with Gasteiger partial charge in [-0.2, -0.15) is 0 Å². The summed E-state index contributed by atoms with van der Waals surface area (Å²) in [6.45, 7) is 7.29. The van der Waals surface area contributed by atoms with E-state index in [0.29, 0.717) is 6.04 Å². The van der Waals surface area contributed by atoms with Gasteiger partial charge in [0.2, 0.25) is 0 Å². The maximum atomic E-state index is 5.21. The van der Waals surface area contributed by atoms with Crippen LogP contribution >= 0.6 is 0 Å². The molecule has 0 saturated heterocycles. The highest BCUT2D eigenvalue weighted by molar-refractivity contribution is 5.46. The third-order valence-electron chi connectivity index (χ3n) is 1.72. The lowest BCUT2D eigenvalue weighted by molar-refractivity contribution is 0.555. The predicted molar refractivity (Wildman–Crippen MR) is 55.5 cm³/mol. The van der Waals surface area contributed by atoms with E-state index in [9.17, 15) is 0 Å². The summed E-state index contributed by atoms with van der Waals surface area (Å²) in [6.07, 6.45) is 3.74.